The van der Waals surface area contributed by atoms with Gasteiger partial charge in [0.15, 0.2) is 0 Å². The van der Waals surface area contributed by atoms with Crippen LogP contribution in [0.1, 0.15) is 29.9 Å². The number of rotatable bonds is 4. The van der Waals surface area contributed by atoms with Crippen LogP contribution in [0.3, 0.4) is 0 Å². The van der Waals surface area contributed by atoms with E-state index in [0.29, 0.717) is 18.0 Å². The number of methoxy groups -OCH3 is 1. The molecular weight excluding hydrogens is 339 g/mol. The van der Waals surface area contributed by atoms with E-state index in [9.17, 15) is 4.39 Å². The van der Waals surface area contributed by atoms with Gasteiger partial charge in [0.25, 0.3) is 0 Å². The van der Waals surface area contributed by atoms with Crippen molar-refractivity contribution in [2.45, 2.75) is 37.4 Å². The van der Waals surface area contributed by atoms with E-state index in [1.165, 1.54) is 37.6 Å². The molecule has 0 radical (unpaired) electrons. The van der Waals surface area contributed by atoms with Gasteiger partial charge in [-0.3, -0.25) is 9.80 Å². The number of hydrogen-bond acceptors (Lipinski definition) is 3. The zero-order chi connectivity index (χ0) is 18.4. The van der Waals surface area contributed by atoms with Gasteiger partial charge in [-0.2, -0.15) is 0 Å². The van der Waals surface area contributed by atoms with Gasteiger partial charge in [-0.15, -0.1) is 0 Å². The van der Waals surface area contributed by atoms with Gasteiger partial charge in [-0.25, -0.2) is 4.39 Å². The summed E-state index contributed by atoms with van der Waals surface area (Å²) in [4.78, 5) is 5.34. The average Bonchev–Trinajstić information content (AvgIpc) is 3.10. The summed E-state index contributed by atoms with van der Waals surface area (Å²) < 4.78 is 19.0. The highest BCUT2D eigenvalue weighted by molar-refractivity contribution is 5.33. The molecule has 2 aromatic rings. The summed E-state index contributed by atoms with van der Waals surface area (Å²) in [7, 11) is 1.72. The summed E-state index contributed by atoms with van der Waals surface area (Å²) in [5.74, 6) is 2.06. The van der Waals surface area contributed by atoms with Gasteiger partial charge >= 0.3 is 0 Å². The first-order chi connectivity index (χ1) is 13.2. The topological polar surface area (TPSA) is 15.7 Å². The molecule has 4 saturated heterocycles. The first-order valence-corrected chi connectivity index (χ1v) is 10.1. The van der Waals surface area contributed by atoms with Crippen molar-refractivity contribution in [1.29, 1.82) is 0 Å². The molecule has 0 saturated carbocycles. The van der Waals surface area contributed by atoms with Crippen LogP contribution in [0, 0.1) is 11.7 Å². The van der Waals surface area contributed by atoms with Gasteiger partial charge in [-0.1, -0.05) is 24.3 Å². The minimum atomic E-state index is -0.135. The van der Waals surface area contributed by atoms with E-state index >= 15 is 0 Å². The Balaban J connectivity index is 1.45. The molecule has 0 unspecified atom stereocenters. The number of likely N-dealkylation sites (tertiary alicyclic amines) is 1. The predicted molar refractivity (Wildman–Crippen MR) is 104 cm³/mol. The lowest BCUT2D eigenvalue weighted by Crippen LogP contribution is -2.59. The Morgan fingerprint density at radius 3 is 2.52 bits per heavy atom. The number of ether oxygens (including phenoxy) is 1. The van der Waals surface area contributed by atoms with E-state index in [1.807, 2.05) is 6.07 Å². The van der Waals surface area contributed by atoms with Crippen molar-refractivity contribution >= 4 is 0 Å². The van der Waals surface area contributed by atoms with Crippen molar-refractivity contribution in [2.24, 2.45) is 5.92 Å². The molecule has 2 aromatic carbocycles. The van der Waals surface area contributed by atoms with E-state index in [-0.39, 0.29) is 5.82 Å². The van der Waals surface area contributed by atoms with Crippen LogP contribution < -0.4 is 4.74 Å². The molecule has 4 fully saturated rings. The number of nitrogens with zero attached hydrogens (tertiary/aromatic N) is 2. The second-order valence-electron chi connectivity index (χ2n) is 8.29. The van der Waals surface area contributed by atoms with Crippen molar-refractivity contribution < 1.29 is 9.13 Å². The zero-order valence-corrected chi connectivity index (χ0v) is 15.9. The number of piperidine rings is 3. The summed E-state index contributed by atoms with van der Waals surface area (Å²) >= 11 is 0. The lowest BCUT2D eigenvalue weighted by atomic mass is 9.75. The van der Waals surface area contributed by atoms with Crippen LogP contribution in [0.25, 0.3) is 0 Å². The summed E-state index contributed by atoms with van der Waals surface area (Å²) in [6.45, 7) is 4.35. The first-order valence-electron chi connectivity index (χ1n) is 10.1. The highest BCUT2D eigenvalue weighted by atomic mass is 19.1. The maximum absolute atomic E-state index is 13.7. The molecule has 3 atom stereocenters. The second-order valence-corrected chi connectivity index (χ2v) is 8.29. The molecule has 27 heavy (non-hydrogen) atoms. The molecule has 4 aliphatic heterocycles. The molecule has 0 spiro atoms. The van der Waals surface area contributed by atoms with Gasteiger partial charge in [0, 0.05) is 31.1 Å². The molecule has 3 nitrogen and oxygen atoms in total. The Labute approximate surface area is 160 Å². The van der Waals surface area contributed by atoms with Crippen molar-refractivity contribution in [2.75, 3.05) is 26.7 Å². The van der Waals surface area contributed by atoms with Crippen LogP contribution in [0.5, 0.6) is 5.75 Å². The molecule has 0 amide bonds. The fourth-order valence-corrected chi connectivity index (χ4v) is 5.74. The maximum Gasteiger partial charge on any atom is 0.123 e. The number of halogens is 1. The van der Waals surface area contributed by atoms with Crippen molar-refractivity contribution in [3.63, 3.8) is 0 Å². The Morgan fingerprint density at radius 1 is 1.04 bits per heavy atom. The average molecular weight is 366 g/mol. The van der Waals surface area contributed by atoms with E-state index in [2.05, 4.69) is 40.1 Å². The zero-order valence-electron chi connectivity index (χ0n) is 15.9. The third kappa shape index (κ3) is 3.05. The van der Waals surface area contributed by atoms with E-state index in [4.69, 9.17) is 4.74 Å². The van der Waals surface area contributed by atoms with E-state index in [0.717, 1.165) is 30.3 Å². The first kappa shape index (κ1) is 17.2. The molecule has 4 aliphatic rings. The second kappa shape index (κ2) is 6.92. The Bertz CT molecular complexity index is 800. The van der Waals surface area contributed by atoms with Gasteiger partial charge in [0.1, 0.15) is 11.6 Å². The van der Waals surface area contributed by atoms with Crippen molar-refractivity contribution in [3.8, 4) is 5.75 Å². The standard InChI is InChI=1S/C23H27FN2O/c1-27-20-7-5-17(6-8-20)21-15-26(14-16-3-2-4-19(24)13-16)22-18-9-11-25(12-10-18)23(21)22/h2-8,13,18,21-23H,9-12,14-15H2,1H3/t21-,22+,23+/m0/s1. The molecule has 6 rings (SSSR count). The minimum Gasteiger partial charge on any atom is -0.497 e. The maximum atomic E-state index is 13.7. The van der Waals surface area contributed by atoms with Gasteiger partial charge < -0.3 is 4.74 Å². The molecule has 4 heterocycles. The van der Waals surface area contributed by atoms with Crippen LogP contribution >= 0.6 is 0 Å². The van der Waals surface area contributed by atoms with Crippen molar-refractivity contribution in [3.05, 3.63) is 65.5 Å². The third-order valence-corrected chi connectivity index (χ3v) is 6.91. The van der Waals surface area contributed by atoms with Gasteiger partial charge in [0.2, 0.25) is 0 Å². The van der Waals surface area contributed by atoms with E-state index < -0.39 is 0 Å². The minimum absolute atomic E-state index is 0.135. The normalized spacial score (nSPS) is 32.4. The monoisotopic (exact) mass is 366 g/mol. The molecule has 0 aliphatic carbocycles. The van der Waals surface area contributed by atoms with Crippen molar-refractivity contribution in [1.82, 2.24) is 9.80 Å². The fourth-order valence-electron chi connectivity index (χ4n) is 5.74. The van der Waals surface area contributed by atoms with Crippen LogP contribution in [0.15, 0.2) is 48.5 Å². The Morgan fingerprint density at radius 2 is 1.81 bits per heavy atom. The lowest BCUT2D eigenvalue weighted by Gasteiger charge is -2.51. The van der Waals surface area contributed by atoms with Crippen LogP contribution in [-0.2, 0) is 6.54 Å². The molecule has 142 valence electrons. The Kier molecular flexibility index (Phi) is 4.41. The highest BCUT2D eigenvalue weighted by Gasteiger charge is 2.53. The smallest absolute Gasteiger partial charge is 0.123 e. The van der Waals surface area contributed by atoms with E-state index in [1.54, 1.807) is 13.2 Å². The summed E-state index contributed by atoms with van der Waals surface area (Å²) in [5.41, 5.74) is 2.49. The lowest BCUT2D eigenvalue weighted by molar-refractivity contribution is -0.00870. The third-order valence-electron chi connectivity index (χ3n) is 6.91. The predicted octanol–water partition coefficient (Wildman–Crippen LogP) is 3.90. The summed E-state index contributed by atoms with van der Waals surface area (Å²) in [5, 5.41) is 0. The fraction of sp³-hybridized carbons (Fsp3) is 0.478. The van der Waals surface area contributed by atoms with Crippen LogP contribution in [0.4, 0.5) is 4.39 Å². The van der Waals surface area contributed by atoms with Crippen LogP contribution in [-0.4, -0.2) is 48.6 Å². The highest BCUT2D eigenvalue weighted by Crippen LogP contribution is 2.47. The summed E-state index contributed by atoms with van der Waals surface area (Å²) in [6, 6.07) is 16.9. The SMILES string of the molecule is COc1ccc([C@@H]2CN(Cc3cccc(F)c3)[C@@H]3C4CCN(CC4)[C@@H]32)cc1. The molecule has 0 aromatic heterocycles. The molecular formula is C23H27FN2O. The van der Waals surface area contributed by atoms with Gasteiger partial charge in [-0.05, 0) is 67.2 Å². The number of hydrogen-bond donors (Lipinski definition) is 0. The van der Waals surface area contributed by atoms with Gasteiger partial charge in [0.05, 0.1) is 7.11 Å². The molecule has 4 heteroatoms. The number of benzene rings is 2. The quantitative estimate of drug-likeness (QED) is 0.816. The molecule has 2 bridgehead atoms. The Hall–Kier alpha value is -1.91. The molecule has 0 N–H and O–H groups in total. The number of fused-ring (bicyclic) bond motifs is 2. The largest absolute Gasteiger partial charge is 0.497 e. The summed E-state index contributed by atoms with van der Waals surface area (Å²) in [6.07, 6.45) is 2.60. The van der Waals surface area contributed by atoms with Crippen LogP contribution in [0.2, 0.25) is 0 Å².